The van der Waals surface area contributed by atoms with Crippen molar-refractivity contribution < 1.29 is 19.4 Å². The summed E-state index contributed by atoms with van der Waals surface area (Å²) >= 11 is 0. The first kappa shape index (κ1) is 18.8. The lowest BCUT2D eigenvalue weighted by molar-refractivity contribution is -0.140. The molecule has 0 aromatic heterocycles. The Morgan fingerprint density at radius 3 is 2.09 bits per heavy atom. The molecule has 3 atom stereocenters. The summed E-state index contributed by atoms with van der Waals surface area (Å²) in [7, 11) is 0. The maximum absolute atomic E-state index is 11.8. The van der Waals surface area contributed by atoms with Gasteiger partial charge in [0.05, 0.1) is 0 Å². The average Bonchev–Trinajstić information content (AvgIpc) is 2.29. The fourth-order valence-electron chi connectivity index (χ4n) is 3.68. The van der Waals surface area contributed by atoms with Gasteiger partial charge in [0.2, 0.25) is 0 Å². The molecule has 128 valence electrons. The molecular formula is C17H31NO4. The van der Waals surface area contributed by atoms with E-state index >= 15 is 0 Å². The first-order chi connectivity index (χ1) is 9.99. The van der Waals surface area contributed by atoms with E-state index in [9.17, 15) is 14.7 Å². The molecule has 1 aliphatic carbocycles. The minimum atomic E-state index is -0.996. The molecule has 0 aliphatic heterocycles. The number of alkyl carbamates (subject to hydrolysis) is 1. The van der Waals surface area contributed by atoms with Crippen molar-refractivity contribution in [3.05, 3.63) is 0 Å². The number of carbonyl (C=O) groups is 2. The van der Waals surface area contributed by atoms with E-state index in [4.69, 9.17) is 4.74 Å². The summed E-state index contributed by atoms with van der Waals surface area (Å²) in [6.45, 7) is 11.9. The Labute approximate surface area is 133 Å². The summed E-state index contributed by atoms with van der Waals surface area (Å²) in [5.41, 5.74) is -0.631. The standard InChI is InChI=1S/C17H31NO4/c1-10-7-11(2)13(12(3)8-10)9-14(15(19)20)18-16(21)22-17(4,5)6/h10-14H,7-9H2,1-6H3,(H,18,21)(H,19,20)/t10?,11?,12?,13?,14-/m0/s1. The second-order valence-electron chi connectivity index (χ2n) is 7.97. The third-order valence-electron chi connectivity index (χ3n) is 4.51. The minimum Gasteiger partial charge on any atom is -0.480 e. The Balaban J connectivity index is 2.68. The second-order valence-corrected chi connectivity index (χ2v) is 7.97. The van der Waals surface area contributed by atoms with Crippen LogP contribution in [0.3, 0.4) is 0 Å². The SMILES string of the molecule is CC1CC(C)C(C[C@H](NC(=O)OC(C)(C)C)C(=O)O)C(C)C1. The summed E-state index contributed by atoms with van der Waals surface area (Å²) in [5.74, 6) is 0.946. The van der Waals surface area contributed by atoms with Crippen LogP contribution in [0, 0.1) is 23.7 Å². The highest BCUT2D eigenvalue weighted by Gasteiger charge is 2.35. The molecule has 0 aromatic carbocycles. The second kappa shape index (κ2) is 7.34. The van der Waals surface area contributed by atoms with Gasteiger partial charge in [-0.05, 0) is 63.7 Å². The van der Waals surface area contributed by atoms with E-state index in [0.29, 0.717) is 30.1 Å². The van der Waals surface area contributed by atoms with Crippen LogP contribution >= 0.6 is 0 Å². The lowest BCUT2D eigenvalue weighted by Crippen LogP contribution is -2.46. The highest BCUT2D eigenvalue weighted by atomic mass is 16.6. The van der Waals surface area contributed by atoms with Crippen molar-refractivity contribution in [2.24, 2.45) is 23.7 Å². The van der Waals surface area contributed by atoms with E-state index < -0.39 is 23.7 Å². The van der Waals surface area contributed by atoms with Crippen LogP contribution in [0.1, 0.15) is 60.8 Å². The average molecular weight is 313 g/mol. The van der Waals surface area contributed by atoms with Crippen molar-refractivity contribution in [2.45, 2.75) is 72.4 Å². The Morgan fingerprint density at radius 2 is 1.68 bits per heavy atom. The van der Waals surface area contributed by atoms with Crippen molar-refractivity contribution in [1.82, 2.24) is 5.32 Å². The zero-order valence-electron chi connectivity index (χ0n) is 14.7. The van der Waals surface area contributed by atoms with Crippen LogP contribution in [0.25, 0.3) is 0 Å². The number of ether oxygens (including phenoxy) is 1. The van der Waals surface area contributed by atoms with Gasteiger partial charge in [0.25, 0.3) is 0 Å². The molecule has 1 amide bonds. The fourth-order valence-corrected chi connectivity index (χ4v) is 3.68. The topological polar surface area (TPSA) is 75.6 Å². The molecule has 1 rings (SSSR count). The number of nitrogens with one attached hydrogen (secondary N) is 1. The zero-order chi connectivity index (χ0) is 17.1. The summed E-state index contributed by atoms with van der Waals surface area (Å²) in [4.78, 5) is 23.3. The van der Waals surface area contributed by atoms with E-state index in [-0.39, 0.29) is 0 Å². The molecule has 1 fully saturated rings. The van der Waals surface area contributed by atoms with Gasteiger partial charge in [0.15, 0.2) is 0 Å². The van der Waals surface area contributed by atoms with Gasteiger partial charge >= 0.3 is 12.1 Å². The predicted octanol–water partition coefficient (Wildman–Crippen LogP) is 3.67. The van der Waals surface area contributed by atoms with Crippen molar-refractivity contribution in [1.29, 1.82) is 0 Å². The summed E-state index contributed by atoms with van der Waals surface area (Å²) < 4.78 is 5.16. The lowest BCUT2D eigenvalue weighted by Gasteiger charge is -2.39. The van der Waals surface area contributed by atoms with Crippen molar-refractivity contribution in [2.75, 3.05) is 0 Å². The third-order valence-corrected chi connectivity index (χ3v) is 4.51. The van der Waals surface area contributed by atoms with E-state index in [1.807, 2.05) is 0 Å². The Morgan fingerprint density at radius 1 is 1.18 bits per heavy atom. The third kappa shape index (κ3) is 5.85. The van der Waals surface area contributed by atoms with Crippen molar-refractivity contribution >= 4 is 12.1 Å². The molecule has 0 saturated heterocycles. The molecule has 0 spiro atoms. The quantitative estimate of drug-likeness (QED) is 0.830. The number of hydrogen-bond acceptors (Lipinski definition) is 3. The maximum atomic E-state index is 11.8. The maximum Gasteiger partial charge on any atom is 0.408 e. The molecule has 0 heterocycles. The predicted molar refractivity (Wildman–Crippen MR) is 85.6 cm³/mol. The van der Waals surface area contributed by atoms with Gasteiger partial charge in [-0.3, -0.25) is 0 Å². The molecule has 22 heavy (non-hydrogen) atoms. The Kier molecular flexibility index (Phi) is 6.27. The van der Waals surface area contributed by atoms with Gasteiger partial charge in [-0.15, -0.1) is 0 Å². The van der Waals surface area contributed by atoms with E-state index in [0.717, 1.165) is 12.8 Å². The molecule has 2 unspecified atom stereocenters. The first-order valence-corrected chi connectivity index (χ1v) is 8.22. The highest BCUT2D eigenvalue weighted by molar-refractivity contribution is 5.80. The van der Waals surface area contributed by atoms with E-state index in [1.54, 1.807) is 20.8 Å². The molecule has 1 saturated carbocycles. The summed E-state index contributed by atoms with van der Waals surface area (Å²) in [6.07, 6.45) is 2.04. The lowest BCUT2D eigenvalue weighted by atomic mass is 9.67. The number of rotatable bonds is 4. The van der Waals surface area contributed by atoms with Gasteiger partial charge in [-0.2, -0.15) is 0 Å². The first-order valence-electron chi connectivity index (χ1n) is 8.22. The number of carboxylic acid groups (broad SMARTS) is 1. The molecule has 2 N–H and O–H groups in total. The molecule has 0 radical (unpaired) electrons. The van der Waals surface area contributed by atoms with Gasteiger partial charge in [0, 0.05) is 0 Å². The molecule has 1 aliphatic rings. The zero-order valence-corrected chi connectivity index (χ0v) is 14.7. The highest BCUT2D eigenvalue weighted by Crippen LogP contribution is 2.40. The number of aliphatic carboxylic acids is 1. The van der Waals surface area contributed by atoms with Crippen LogP contribution < -0.4 is 5.32 Å². The van der Waals surface area contributed by atoms with Crippen LogP contribution in [0.15, 0.2) is 0 Å². The number of carboxylic acids is 1. The van der Waals surface area contributed by atoms with Gasteiger partial charge in [0.1, 0.15) is 11.6 Å². The number of carbonyl (C=O) groups excluding carboxylic acids is 1. The summed E-state index contributed by atoms with van der Waals surface area (Å²) in [5, 5.41) is 11.9. The smallest absolute Gasteiger partial charge is 0.408 e. The molecule has 0 bridgehead atoms. The van der Waals surface area contributed by atoms with Crippen LogP contribution in [0.5, 0.6) is 0 Å². The summed E-state index contributed by atoms with van der Waals surface area (Å²) in [6, 6.07) is -0.891. The van der Waals surface area contributed by atoms with Crippen LogP contribution in [-0.4, -0.2) is 28.8 Å². The van der Waals surface area contributed by atoms with Crippen molar-refractivity contribution in [3.63, 3.8) is 0 Å². The number of hydrogen-bond donors (Lipinski definition) is 2. The fraction of sp³-hybridized carbons (Fsp3) is 0.882. The van der Waals surface area contributed by atoms with Crippen LogP contribution in [0.4, 0.5) is 4.79 Å². The molecular weight excluding hydrogens is 282 g/mol. The van der Waals surface area contributed by atoms with Gasteiger partial charge in [-0.1, -0.05) is 20.8 Å². The molecule has 0 aromatic rings. The Bertz CT molecular complexity index is 390. The number of amides is 1. The minimum absolute atomic E-state index is 0.312. The monoisotopic (exact) mass is 313 g/mol. The largest absolute Gasteiger partial charge is 0.480 e. The van der Waals surface area contributed by atoms with Crippen LogP contribution in [0.2, 0.25) is 0 Å². The molecule has 5 heteroatoms. The van der Waals surface area contributed by atoms with Crippen molar-refractivity contribution in [3.8, 4) is 0 Å². The van der Waals surface area contributed by atoms with E-state index in [2.05, 4.69) is 26.1 Å². The van der Waals surface area contributed by atoms with E-state index in [1.165, 1.54) is 0 Å². The van der Waals surface area contributed by atoms with Crippen LogP contribution in [-0.2, 0) is 9.53 Å². The van der Waals surface area contributed by atoms with Gasteiger partial charge in [-0.25, -0.2) is 9.59 Å². The molecule has 5 nitrogen and oxygen atoms in total. The van der Waals surface area contributed by atoms with Gasteiger partial charge < -0.3 is 15.2 Å². The normalized spacial score (nSPS) is 30.5. The Hall–Kier alpha value is -1.26.